The molecule has 0 aliphatic heterocycles. The predicted octanol–water partition coefficient (Wildman–Crippen LogP) is 5.49. The Morgan fingerprint density at radius 3 is 2.46 bits per heavy atom. The molecule has 2 N–H and O–H groups in total. The predicted molar refractivity (Wildman–Crippen MR) is 114 cm³/mol. The standard InChI is InChI=1S/C22H17ClN4O/c1-14(15-8-4-7-13-20(15)28)26-27-22-17-10-3-6-12-19(17)24-21(25-22)16-9-2-5-11-18(16)23/h2-13,28H,1H3,(H,24,25,27)/b26-14+. The van der Waals surface area contributed by atoms with E-state index in [1.807, 2.05) is 67.6 Å². The quantitative estimate of drug-likeness (QED) is 0.358. The summed E-state index contributed by atoms with van der Waals surface area (Å²) in [6, 6.07) is 22.2. The molecule has 5 nitrogen and oxygen atoms in total. The van der Waals surface area contributed by atoms with E-state index in [1.54, 1.807) is 12.1 Å². The van der Waals surface area contributed by atoms with Crippen LogP contribution < -0.4 is 5.43 Å². The van der Waals surface area contributed by atoms with Gasteiger partial charge in [0, 0.05) is 16.5 Å². The molecule has 1 heterocycles. The van der Waals surface area contributed by atoms with Crippen molar-refractivity contribution >= 4 is 34.0 Å². The van der Waals surface area contributed by atoms with Crippen LogP contribution in [0.5, 0.6) is 5.75 Å². The first-order chi connectivity index (χ1) is 13.6. The lowest BCUT2D eigenvalue weighted by molar-refractivity contribution is 0.474. The summed E-state index contributed by atoms with van der Waals surface area (Å²) in [5.41, 5.74) is 5.85. The molecule has 0 atom stereocenters. The molecule has 0 saturated carbocycles. The van der Waals surface area contributed by atoms with E-state index in [-0.39, 0.29) is 5.75 Å². The number of hydrogen-bond acceptors (Lipinski definition) is 5. The number of rotatable bonds is 4. The van der Waals surface area contributed by atoms with Gasteiger partial charge in [-0.15, -0.1) is 0 Å². The molecule has 0 bridgehead atoms. The molecule has 0 fully saturated rings. The van der Waals surface area contributed by atoms with Gasteiger partial charge in [0.1, 0.15) is 5.75 Å². The number of phenols is 1. The number of benzene rings is 3. The molecule has 6 heteroatoms. The van der Waals surface area contributed by atoms with Crippen LogP contribution in [0.4, 0.5) is 5.82 Å². The fraction of sp³-hybridized carbons (Fsp3) is 0.0455. The van der Waals surface area contributed by atoms with E-state index in [2.05, 4.69) is 20.5 Å². The topological polar surface area (TPSA) is 70.4 Å². The van der Waals surface area contributed by atoms with Crippen LogP contribution in [0.3, 0.4) is 0 Å². The number of aromatic nitrogens is 2. The molecule has 0 aliphatic carbocycles. The van der Waals surface area contributed by atoms with Gasteiger partial charge in [0.2, 0.25) is 0 Å². The van der Waals surface area contributed by atoms with Crippen molar-refractivity contribution in [1.82, 2.24) is 9.97 Å². The van der Waals surface area contributed by atoms with Crippen molar-refractivity contribution in [3.63, 3.8) is 0 Å². The highest BCUT2D eigenvalue weighted by atomic mass is 35.5. The lowest BCUT2D eigenvalue weighted by Gasteiger charge is -2.10. The van der Waals surface area contributed by atoms with E-state index in [0.717, 1.165) is 16.5 Å². The van der Waals surface area contributed by atoms with Gasteiger partial charge in [-0.1, -0.05) is 48.0 Å². The van der Waals surface area contributed by atoms with Gasteiger partial charge >= 0.3 is 0 Å². The summed E-state index contributed by atoms with van der Waals surface area (Å²) in [5, 5.41) is 15.9. The molecule has 0 radical (unpaired) electrons. The maximum Gasteiger partial charge on any atom is 0.163 e. The van der Waals surface area contributed by atoms with Crippen molar-refractivity contribution in [2.45, 2.75) is 6.92 Å². The maximum absolute atomic E-state index is 10.0. The molecule has 0 aliphatic rings. The number of aromatic hydroxyl groups is 1. The number of hydrogen-bond donors (Lipinski definition) is 2. The molecule has 0 spiro atoms. The summed E-state index contributed by atoms with van der Waals surface area (Å²) in [5.74, 6) is 1.26. The second-order valence-corrected chi connectivity index (χ2v) is 6.63. The largest absolute Gasteiger partial charge is 0.507 e. The number of fused-ring (bicyclic) bond motifs is 1. The summed E-state index contributed by atoms with van der Waals surface area (Å²) >= 11 is 6.33. The summed E-state index contributed by atoms with van der Waals surface area (Å²) in [7, 11) is 0. The first-order valence-corrected chi connectivity index (χ1v) is 9.11. The monoisotopic (exact) mass is 388 g/mol. The Morgan fingerprint density at radius 1 is 0.929 bits per heavy atom. The van der Waals surface area contributed by atoms with Crippen LogP contribution in [0, 0.1) is 0 Å². The van der Waals surface area contributed by atoms with Gasteiger partial charge in [0.15, 0.2) is 11.6 Å². The average Bonchev–Trinajstić information content (AvgIpc) is 2.72. The molecule has 4 aromatic rings. The third-order valence-corrected chi connectivity index (χ3v) is 4.67. The zero-order chi connectivity index (χ0) is 19.5. The Bertz CT molecular complexity index is 1190. The lowest BCUT2D eigenvalue weighted by Crippen LogP contribution is -2.03. The zero-order valence-corrected chi connectivity index (χ0v) is 15.9. The number of anilines is 1. The van der Waals surface area contributed by atoms with Gasteiger partial charge in [-0.05, 0) is 43.3 Å². The molecule has 3 aromatic carbocycles. The molecule has 1 aromatic heterocycles. The molecule has 0 amide bonds. The summed E-state index contributed by atoms with van der Waals surface area (Å²) < 4.78 is 0. The van der Waals surface area contributed by atoms with Crippen LogP contribution in [0.15, 0.2) is 77.9 Å². The minimum Gasteiger partial charge on any atom is -0.507 e. The number of nitrogens with zero attached hydrogens (tertiary/aromatic N) is 3. The van der Waals surface area contributed by atoms with Gasteiger partial charge in [0.25, 0.3) is 0 Å². The smallest absolute Gasteiger partial charge is 0.163 e. The van der Waals surface area contributed by atoms with E-state index in [0.29, 0.717) is 27.9 Å². The van der Waals surface area contributed by atoms with Gasteiger partial charge in [-0.2, -0.15) is 5.10 Å². The van der Waals surface area contributed by atoms with Crippen molar-refractivity contribution in [2.75, 3.05) is 5.43 Å². The first kappa shape index (κ1) is 17.9. The van der Waals surface area contributed by atoms with E-state index in [9.17, 15) is 5.11 Å². The minimum absolute atomic E-state index is 0.176. The Hall–Kier alpha value is -3.44. The molecule has 138 valence electrons. The van der Waals surface area contributed by atoms with Gasteiger partial charge < -0.3 is 5.11 Å². The normalized spacial score (nSPS) is 11.6. The van der Waals surface area contributed by atoms with Crippen molar-refractivity contribution < 1.29 is 5.11 Å². The number of halogens is 1. The number of para-hydroxylation sites is 2. The summed E-state index contributed by atoms with van der Waals surface area (Å²) in [4.78, 5) is 9.29. The van der Waals surface area contributed by atoms with Gasteiger partial charge in [0.05, 0.1) is 16.3 Å². The van der Waals surface area contributed by atoms with E-state index >= 15 is 0 Å². The van der Waals surface area contributed by atoms with Crippen LogP contribution in [0.1, 0.15) is 12.5 Å². The number of nitrogens with one attached hydrogen (secondary N) is 1. The van der Waals surface area contributed by atoms with Crippen LogP contribution in [-0.4, -0.2) is 20.8 Å². The highest BCUT2D eigenvalue weighted by molar-refractivity contribution is 6.33. The highest BCUT2D eigenvalue weighted by Gasteiger charge is 2.12. The Kier molecular flexibility index (Phi) is 4.91. The molecular formula is C22H17ClN4O. The molecule has 0 unspecified atom stereocenters. The molecular weight excluding hydrogens is 372 g/mol. The summed E-state index contributed by atoms with van der Waals surface area (Å²) in [6.07, 6.45) is 0. The van der Waals surface area contributed by atoms with E-state index < -0.39 is 0 Å². The van der Waals surface area contributed by atoms with E-state index in [4.69, 9.17) is 11.6 Å². The third kappa shape index (κ3) is 3.52. The Labute approximate surface area is 167 Å². The van der Waals surface area contributed by atoms with Crippen molar-refractivity contribution in [3.05, 3.63) is 83.4 Å². The fourth-order valence-electron chi connectivity index (χ4n) is 2.90. The fourth-order valence-corrected chi connectivity index (χ4v) is 3.12. The van der Waals surface area contributed by atoms with Crippen LogP contribution in [0.2, 0.25) is 5.02 Å². The number of hydrazone groups is 1. The second kappa shape index (κ2) is 7.66. The summed E-state index contributed by atoms with van der Waals surface area (Å²) in [6.45, 7) is 1.82. The van der Waals surface area contributed by atoms with Crippen LogP contribution in [-0.2, 0) is 0 Å². The average molecular weight is 389 g/mol. The Balaban J connectivity index is 1.79. The van der Waals surface area contributed by atoms with Crippen molar-refractivity contribution in [2.24, 2.45) is 5.10 Å². The second-order valence-electron chi connectivity index (χ2n) is 6.22. The van der Waals surface area contributed by atoms with E-state index in [1.165, 1.54) is 0 Å². The SMILES string of the molecule is C/C(=N\Nc1nc(-c2ccccc2Cl)nc2ccccc12)c1ccccc1O. The van der Waals surface area contributed by atoms with Gasteiger partial charge in [-0.25, -0.2) is 9.97 Å². The molecule has 0 saturated heterocycles. The van der Waals surface area contributed by atoms with Crippen LogP contribution >= 0.6 is 11.6 Å². The highest BCUT2D eigenvalue weighted by Crippen LogP contribution is 2.29. The maximum atomic E-state index is 10.0. The van der Waals surface area contributed by atoms with Crippen molar-refractivity contribution in [3.8, 4) is 17.1 Å². The molecule has 28 heavy (non-hydrogen) atoms. The third-order valence-electron chi connectivity index (χ3n) is 4.34. The van der Waals surface area contributed by atoms with Crippen molar-refractivity contribution in [1.29, 1.82) is 0 Å². The van der Waals surface area contributed by atoms with Gasteiger partial charge in [-0.3, -0.25) is 5.43 Å². The molecule has 4 rings (SSSR count). The lowest BCUT2D eigenvalue weighted by atomic mass is 10.1. The minimum atomic E-state index is 0.176. The van der Waals surface area contributed by atoms with Crippen LogP contribution in [0.25, 0.3) is 22.3 Å². The number of phenolic OH excluding ortho intramolecular Hbond substituents is 1. The first-order valence-electron chi connectivity index (χ1n) is 8.74. The zero-order valence-electron chi connectivity index (χ0n) is 15.1. The Morgan fingerprint density at radius 2 is 1.64 bits per heavy atom.